The second-order valence-corrected chi connectivity index (χ2v) is 11.8. The number of aryl methyl sites for hydroxylation is 1. The molecule has 0 aliphatic heterocycles. The molecule has 5 rings (SSSR count). The highest BCUT2D eigenvalue weighted by Gasteiger charge is 2.20. The van der Waals surface area contributed by atoms with Gasteiger partial charge in [0.05, 0.1) is 5.69 Å². The highest BCUT2D eigenvalue weighted by atomic mass is 19.1. The zero-order chi connectivity index (χ0) is 25.1. The standard InChI is InChI=1S/C32H33FN2/c1-19-14-26(33)30(34-18-19)28-13-12-27(35-28)29-24-11-10-22(31(2,3)4)16-21(24)15-20-8-9-23(17-25(20)29)32(5,6)7/h8-18,35H,1-7H3. The van der Waals surface area contributed by atoms with E-state index in [0.29, 0.717) is 11.4 Å². The van der Waals surface area contributed by atoms with Crippen LogP contribution in [0, 0.1) is 12.7 Å². The van der Waals surface area contributed by atoms with Gasteiger partial charge in [0, 0.05) is 17.5 Å². The minimum atomic E-state index is -0.314. The van der Waals surface area contributed by atoms with Crippen molar-refractivity contribution < 1.29 is 4.39 Å². The highest BCUT2D eigenvalue weighted by molar-refractivity contribution is 6.12. The molecule has 0 fully saturated rings. The van der Waals surface area contributed by atoms with E-state index in [-0.39, 0.29) is 16.6 Å². The molecule has 0 aliphatic carbocycles. The van der Waals surface area contributed by atoms with E-state index in [1.54, 1.807) is 6.20 Å². The monoisotopic (exact) mass is 464 g/mol. The Morgan fingerprint density at radius 2 is 1.34 bits per heavy atom. The van der Waals surface area contributed by atoms with Gasteiger partial charge in [-0.2, -0.15) is 0 Å². The van der Waals surface area contributed by atoms with E-state index in [4.69, 9.17) is 0 Å². The maximum Gasteiger partial charge on any atom is 0.151 e. The molecule has 178 valence electrons. The molecule has 5 aromatic rings. The van der Waals surface area contributed by atoms with E-state index in [1.807, 2.05) is 19.1 Å². The van der Waals surface area contributed by atoms with Gasteiger partial charge < -0.3 is 4.98 Å². The summed E-state index contributed by atoms with van der Waals surface area (Å²) in [5, 5.41) is 4.78. The molecule has 2 heterocycles. The number of pyridine rings is 1. The lowest BCUT2D eigenvalue weighted by Crippen LogP contribution is -2.11. The van der Waals surface area contributed by atoms with Gasteiger partial charge in [0.1, 0.15) is 5.69 Å². The summed E-state index contributed by atoms with van der Waals surface area (Å²) in [5.74, 6) is -0.314. The molecular weight excluding hydrogens is 431 g/mol. The Balaban J connectivity index is 1.80. The summed E-state index contributed by atoms with van der Waals surface area (Å²) >= 11 is 0. The summed E-state index contributed by atoms with van der Waals surface area (Å²) in [4.78, 5) is 7.85. The molecule has 0 unspecified atom stereocenters. The number of halogens is 1. The Bertz CT molecular complexity index is 1580. The first-order valence-corrected chi connectivity index (χ1v) is 12.3. The summed E-state index contributed by atoms with van der Waals surface area (Å²) < 4.78 is 14.7. The molecule has 3 heteroatoms. The maximum absolute atomic E-state index is 14.7. The van der Waals surface area contributed by atoms with Crippen LogP contribution in [0.25, 0.3) is 44.2 Å². The second-order valence-electron chi connectivity index (χ2n) is 11.8. The van der Waals surface area contributed by atoms with Crippen molar-refractivity contribution in [1.82, 2.24) is 9.97 Å². The fourth-order valence-electron chi connectivity index (χ4n) is 4.76. The van der Waals surface area contributed by atoms with E-state index in [2.05, 4.69) is 94.0 Å². The second kappa shape index (κ2) is 8.05. The largest absolute Gasteiger partial charge is 0.353 e. The number of hydrogen-bond donors (Lipinski definition) is 1. The Morgan fingerprint density at radius 1 is 0.686 bits per heavy atom. The Kier molecular flexibility index (Phi) is 5.36. The van der Waals surface area contributed by atoms with E-state index < -0.39 is 0 Å². The van der Waals surface area contributed by atoms with Gasteiger partial charge in [-0.15, -0.1) is 0 Å². The summed E-state index contributed by atoms with van der Waals surface area (Å²) in [6.07, 6.45) is 1.70. The molecule has 35 heavy (non-hydrogen) atoms. The van der Waals surface area contributed by atoms with Crippen molar-refractivity contribution in [3.63, 3.8) is 0 Å². The Morgan fingerprint density at radius 3 is 2.03 bits per heavy atom. The van der Waals surface area contributed by atoms with E-state index >= 15 is 0 Å². The molecule has 0 bridgehead atoms. The fraction of sp³-hybridized carbons (Fsp3) is 0.281. The molecule has 0 saturated carbocycles. The van der Waals surface area contributed by atoms with Crippen LogP contribution in [0.2, 0.25) is 0 Å². The lowest BCUT2D eigenvalue weighted by Gasteiger charge is -2.22. The third-order valence-corrected chi connectivity index (χ3v) is 6.87. The minimum Gasteiger partial charge on any atom is -0.353 e. The van der Waals surface area contributed by atoms with Crippen molar-refractivity contribution in [3.05, 3.63) is 89.4 Å². The van der Waals surface area contributed by atoms with Gasteiger partial charge in [-0.1, -0.05) is 71.9 Å². The van der Waals surface area contributed by atoms with Crippen molar-refractivity contribution in [2.24, 2.45) is 0 Å². The maximum atomic E-state index is 14.7. The van der Waals surface area contributed by atoms with Gasteiger partial charge >= 0.3 is 0 Å². The summed E-state index contributed by atoms with van der Waals surface area (Å²) in [5.41, 5.74) is 6.63. The highest BCUT2D eigenvalue weighted by Crippen LogP contribution is 2.40. The molecule has 0 aliphatic rings. The molecule has 0 amide bonds. The predicted molar refractivity (Wildman–Crippen MR) is 147 cm³/mol. The van der Waals surface area contributed by atoms with E-state index in [0.717, 1.165) is 16.8 Å². The lowest BCUT2D eigenvalue weighted by atomic mass is 9.82. The number of benzene rings is 3. The van der Waals surface area contributed by atoms with Crippen LogP contribution in [0.15, 0.2) is 66.9 Å². The minimum absolute atomic E-state index is 0.0341. The van der Waals surface area contributed by atoms with Crippen LogP contribution in [-0.4, -0.2) is 9.97 Å². The van der Waals surface area contributed by atoms with Gasteiger partial charge in [0.15, 0.2) is 5.82 Å². The number of fused-ring (bicyclic) bond motifs is 2. The number of aromatic amines is 1. The molecule has 0 radical (unpaired) electrons. The molecule has 1 N–H and O–H groups in total. The summed E-state index contributed by atoms with van der Waals surface area (Å²) in [6.45, 7) is 15.3. The van der Waals surface area contributed by atoms with Crippen LogP contribution in [0.1, 0.15) is 58.2 Å². The van der Waals surface area contributed by atoms with Gasteiger partial charge in [-0.05, 0) is 86.3 Å². The van der Waals surface area contributed by atoms with Crippen LogP contribution in [0.5, 0.6) is 0 Å². The molecule has 0 atom stereocenters. The molecule has 2 nitrogen and oxygen atoms in total. The number of rotatable bonds is 2. The van der Waals surface area contributed by atoms with Crippen molar-refractivity contribution in [2.45, 2.75) is 59.3 Å². The quantitative estimate of drug-likeness (QED) is 0.259. The van der Waals surface area contributed by atoms with Crippen LogP contribution in [0.3, 0.4) is 0 Å². The average molecular weight is 465 g/mol. The summed E-state index contributed by atoms with van der Waals surface area (Å²) in [7, 11) is 0. The number of nitrogens with one attached hydrogen (secondary N) is 1. The van der Waals surface area contributed by atoms with Crippen molar-refractivity contribution in [2.75, 3.05) is 0 Å². The third kappa shape index (κ3) is 4.25. The molecule has 0 saturated heterocycles. The average Bonchev–Trinajstić information content (AvgIpc) is 3.24. The summed E-state index contributed by atoms with van der Waals surface area (Å²) in [6, 6.07) is 21.3. The third-order valence-electron chi connectivity index (χ3n) is 6.87. The smallest absolute Gasteiger partial charge is 0.151 e. The number of H-pyrrole nitrogens is 1. The van der Waals surface area contributed by atoms with Crippen molar-refractivity contribution >= 4 is 21.5 Å². The van der Waals surface area contributed by atoms with E-state index in [1.165, 1.54) is 38.7 Å². The first-order valence-electron chi connectivity index (χ1n) is 12.3. The normalized spacial score (nSPS) is 12.6. The van der Waals surface area contributed by atoms with Crippen molar-refractivity contribution in [3.8, 4) is 22.6 Å². The van der Waals surface area contributed by atoms with Gasteiger partial charge in [-0.3, -0.25) is 4.98 Å². The zero-order valence-electron chi connectivity index (χ0n) is 21.7. The molecular formula is C32H33FN2. The first-order chi connectivity index (χ1) is 16.4. The van der Waals surface area contributed by atoms with Crippen molar-refractivity contribution in [1.29, 1.82) is 0 Å². The number of aromatic nitrogens is 2. The Hall–Kier alpha value is -3.46. The Labute approximate surface area is 207 Å². The van der Waals surface area contributed by atoms with Gasteiger partial charge in [0.2, 0.25) is 0 Å². The fourth-order valence-corrected chi connectivity index (χ4v) is 4.76. The number of hydrogen-bond acceptors (Lipinski definition) is 1. The SMILES string of the molecule is Cc1cnc(-c2ccc(-c3c4ccc(C(C)(C)C)cc4cc4ccc(C(C)(C)C)cc34)[nH]2)c(F)c1. The van der Waals surface area contributed by atoms with Gasteiger partial charge in [0.25, 0.3) is 0 Å². The van der Waals surface area contributed by atoms with Gasteiger partial charge in [-0.25, -0.2) is 4.39 Å². The topological polar surface area (TPSA) is 28.7 Å². The van der Waals surface area contributed by atoms with E-state index in [9.17, 15) is 4.39 Å². The predicted octanol–water partition coefficient (Wildman–Crippen LogP) is 9.09. The van der Waals surface area contributed by atoms with Crippen LogP contribution < -0.4 is 0 Å². The lowest BCUT2D eigenvalue weighted by molar-refractivity contribution is 0.590. The molecule has 2 aromatic heterocycles. The van der Waals surface area contributed by atoms with Crippen LogP contribution >= 0.6 is 0 Å². The molecule has 0 spiro atoms. The first kappa shape index (κ1) is 23.3. The zero-order valence-corrected chi connectivity index (χ0v) is 21.7. The molecule has 3 aromatic carbocycles. The van der Waals surface area contributed by atoms with Crippen LogP contribution in [0.4, 0.5) is 4.39 Å². The number of nitrogens with zero attached hydrogens (tertiary/aromatic N) is 1. The van der Waals surface area contributed by atoms with Crippen LogP contribution in [-0.2, 0) is 10.8 Å².